The van der Waals surface area contributed by atoms with Crippen molar-refractivity contribution in [2.24, 2.45) is 28.2 Å². The normalized spacial score (nSPS) is 11.9. The first-order chi connectivity index (χ1) is 35.4. The summed E-state index contributed by atoms with van der Waals surface area (Å²) in [5.41, 5.74) is 0. The van der Waals surface area contributed by atoms with E-state index in [1.807, 2.05) is 0 Å². The first-order valence-electron chi connectivity index (χ1n) is 25.1. The number of nitrogens with zero attached hydrogens (tertiary/aromatic N) is 8. The Hall–Kier alpha value is -5.60. The quantitative estimate of drug-likeness (QED) is 0.0624. The van der Waals surface area contributed by atoms with Gasteiger partial charge in [0.1, 0.15) is 90.0 Å². The number of rotatable bonds is 16. The van der Waals surface area contributed by atoms with Gasteiger partial charge in [0.25, 0.3) is 23.3 Å². The second-order valence-electron chi connectivity index (χ2n) is 18.6. The topological polar surface area (TPSA) is 264 Å². The molecule has 0 atom stereocenters. The van der Waals surface area contributed by atoms with Gasteiger partial charge in [-0.05, 0) is 48.6 Å². The lowest BCUT2D eigenvalue weighted by Crippen LogP contribution is -2.29. The summed E-state index contributed by atoms with van der Waals surface area (Å²) in [4.78, 5) is -4.63. The Balaban J connectivity index is 0.000000233. The Morgan fingerprint density at radius 2 is 0.553 bits per heavy atom. The fourth-order valence-electron chi connectivity index (χ4n) is 8.35. The van der Waals surface area contributed by atoms with E-state index >= 15 is 0 Å². The Morgan fingerprint density at radius 1 is 0.368 bits per heavy atom. The van der Waals surface area contributed by atoms with Crippen LogP contribution in [0.3, 0.4) is 0 Å². The van der Waals surface area contributed by atoms with Gasteiger partial charge in [-0.2, -0.15) is 0 Å². The average molecular weight is 1130 g/mol. The summed E-state index contributed by atoms with van der Waals surface area (Å²) in [5, 5.41) is -2.90. The third-order valence-corrected chi connectivity index (χ3v) is 16.9. The number of hydrogen-bond donors (Lipinski definition) is 0. The third-order valence-electron chi connectivity index (χ3n) is 13.4. The fraction of sp³-hybridized carbons (Fsp3) is 0.462. The molecular weight excluding hydrogens is 1060 g/mol. The summed E-state index contributed by atoms with van der Waals surface area (Å²) < 4.78 is 159. The van der Waals surface area contributed by atoms with Crippen molar-refractivity contribution in [2.45, 2.75) is 153 Å². The molecule has 24 heteroatoms. The van der Waals surface area contributed by atoms with Gasteiger partial charge in [0.05, 0.1) is 74.0 Å². The van der Waals surface area contributed by atoms with Crippen LogP contribution in [0.2, 0.25) is 0 Å². The molecule has 4 aromatic heterocycles. The van der Waals surface area contributed by atoms with Gasteiger partial charge in [-0.3, -0.25) is 0 Å². The molecule has 4 aromatic carbocycles. The minimum absolute atomic E-state index is 0.336. The molecule has 0 bridgehead atoms. The predicted octanol–water partition coefficient (Wildman–Crippen LogP) is 5.88. The van der Waals surface area contributed by atoms with E-state index < -0.39 is 92.4 Å². The van der Waals surface area contributed by atoms with Crippen molar-refractivity contribution < 1.29 is 70.2 Å². The van der Waals surface area contributed by atoms with Crippen LogP contribution in [-0.2, 0) is 94.8 Å². The minimum Gasteiger partial charge on any atom is -0.744 e. The zero-order valence-corrected chi connectivity index (χ0v) is 48.9. The van der Waals surface area contributed by atoms with Crippen molar-refractivity contribution in [3.8, 4) is 0 Å². The molecule has 0 aliphatic rings. The first kappa shape index (κ1) is 62.9. The van der Waals surface area contributed by atoms with Crippen LogP contribution in [0.4, 0.5) is 0 Å². The molecule has 0 aliphatic carbocycles. The maximum atomic E-state index is 11.8. The van der Waals surface area contributed by atoms with Crippen LogP contribution >= 0.6 is 0 Å². The summed E-state index contributed by atoms with van der Waals surface area (Å²) >= 11 is 0. The van der Waals surface area contributed by atoms with E-state index in [1.54, 1.807) is 0 Å². The van der Waals surface area contributed by atoms with Gasteiger partial charge in [-0.15, -0.1) is 0 Å². The summed E-state index contributed by atoms with van der Waals surface area (Å²) in [6.07, 6.45) is 27.1. The van der Waals surface area contributed by atoms with Gasteiger partial charge in [-0.25, -0.2) is 70.2 Å². The Kier molecular flexibility index (Phi) is 22.1. The van der Waals surface area contributed by atoms with Crippen LogP contribution in [0.25, 0.3) is 32.3 Å². The number of aryl methyl sites for hydroxylation is 8. The van der Waals surface area contributed by atoms with E-state index in [1.165, 1.54) is 74.7 Å². The molecule has 0 fully saturated rings. The molecule has 0 radical (unpaired) electrons. The number of imidazole rings is 4. The lowest BCUT2D eigenvalue weighted by molar-refractivity contribution is -0.677. The van der Waals surface area contributed by atoms with Gasteiger partial charge in [-0.1, -0.05) is 77.6 Å². The van der Waals surface area contributed by atoms with Gasteiger partial charge < -0.3 is 18.2 Å². The highest BCUT2D eigenvalue weighted by molar-refractivity contribution is 7.87. The van der Waals surface area contributed by atoms with E-state index in [4.69, 9.17) is 0 Å². The maximum absolute atomic E-state index is 11.8. The highest BCUT2D eigenvalue weighted by atomic mass is 32.2. The van der Waals surface area contributed by atoms with Crippen molar-refractivity contribution in [1.82, 2.24) is 18.3 Å². The highest BCUT2D eigenvalue weighted by Gasteiger charge is 2.25. The van der Waals surface area contributed by atoms with E-state index in [0.29, 0.717) is 12.1 Å². The zero-order valence-electron chi connectivity index (χ0n) is 45.7. The van der Waals surface area contributed by atoms with Gasteiger partial charge >= 0.3 is 0 Å². The van der Waals surface area contributed by atoms with Crippen LogP contribution in [0, 0.1) is 27.7 Å². The molecule has 4 heterocycles. The molecule has 20 nitrogen and oxygen atoms in total. The van der Waals surface area contributed by atoms with Crippen molar-refractivity contribution in [1.29, 1.82) is 0 Å². The monoisotopic (exact) mass is 1130 g/mol. The van der Waals surface area contributed by atoms with E-state index in [-0.39, 0.29) is 0 Å². The van der Waals surface area contributed by atoms with Crippen LogP contribution in [0.15, 0.2) is 106 Å². The molecule has 0 aliphatic heterocycles. The molecule has 0 amide bonds. The number of hydrogen-bond acceptors (Lipinski definition) is 12. The largest absolute Gasteiger partial charge is 0.744 e. The minimum atomic E-state index is -5.40. The van der Waals surface area contributed by atoms with Crippen LogP contribution in [0.5, 0.6) is 0 Å². The third kappa shape index (κ3) is 15.8. The summed E-state index contributed by atoms with van der Waals surface area (Å²) in [6, 6.07) is 4.27. The Bertz CT molecular complexity index is 3240. The predicted molar refractivity (Wildman–Crippen MR) is 283 cm³/mol. The van der Waals surface area contributed by atoms with Crippen molar-refractivity contribution >= 4 is 72.8 Å². The fourth-order valence-corrected chi connectivity index (χ4v) is 11.3. The molecule has 0 spiro atoms. The Labute approximate surface area is 448 Å². The van der Waals surface area contributed by atoms with Crippen LogP contribution < -0.4 is 18.3 Å². The molecule has 418 valence electrons. The smallest absolute Gasteiger partial charge is 0.253 e. The molecule has 0 unspecified atom stereocenters. The summed E-state index contributed by atoms with van der Waals surface area (Å²) in [7, 11) is -13.3. The van der Waals surface area contributed by atoms with E-state index in [0.717, 1.165) is 50.4 Å². The van der Waals surface area contributed by atoms with Crippen molar-refractivity contribution in [3.63, 3.8) is 0 Å². The first-order valence-corrected chi connectivity index (χ1v) is 30.7. The number of benzene rings is 4. The molecular formula is C52H74N8O12S4. The zero-order chi connectivity index (χ0) is 57.1. The number of aromatic nitrogens is 8. The van der Waals surface area contributed by atoms with Crippen molar-refractivity contribution in [2.75, 3.05) is 0 Å². The van der Waals surface area contributed by atoms with Crippen LogP contribution in [0.1, 0.15) is 102 Å². The molecule has 0 N–H and O–H groups in total. The molecule has 8 aromatic rings. The molecule has 0 saturated heterocycles. The SMILES string of the molecule is CCCCn1cc[n+](C)c1C.CCCCn1cc[n+](C)c1C.CCCCn1cc[n+](C)c1C.CCCCn1cc[n+](C)c1C.O=S(=O)([O-])c1cc(S(=O)(=O)[O-])c2ccc3c(S(=O)(=O)[O-])cc(S(=O)(=O)[O-])c4ccc1c2c43. The standard InChI is InChI=1S/C16H10O12S4.4C9H17N2/c17-29(18,19)11-5-13(31(23,24)25)9-3-4-10-14(32(26,27)28)6-12(30(20,21)22)8-2-1-7(11)15(9)16(8)10;4*1-4-5-6-11-8-7-10(3)9(11)2/h1-6H,(H,17,18,19)(H,20,21,22)(H,23,24,25)(H,26,27,28);4*7-8H,4-6H2,1-3H3/q;4*+1/p-4. The lowest BCUT2D eigenvalue weighted by Gasteiger charge is -2.23. The van der Waals surface area contributed by atoms with Crippen LogP contribution in [-0.4, -0.2) is 70.2 Å². The van der Waals surface area contributed by atoms with E-state index in [9.17, 15) is 51.9 Å². The molecule has 0 saturated carbocycles. The lowest BCUT2D eigenvalue weighted by atomic mass is 9.94. The summed E-state index contributed by atoms with van der Waals surface area (Å²) in [5.74, 6) is 5.33. The second-order valence-corrected chi connectivity index (χ2v) is 24.0. The Morgan fingerprint density at radius 3 is 0.684 bits per heavy atom. The maximum Gasteiger partial charge on any atom is 0.253 e. The summed E-state index contributed by atoms with van der Waals surface area (Å²) in [6.45, 7) is 22.1. The second kappa shape index (κ2) is 26.6. The van der Waals surface area contributed by atoms with E-state index in [2.05, 4.69) is 170 Å². The highest BCUT2D eigenvalue weighted by Crippen LogP contribution is 2.44. The van der Waals surface area contributed by atoms with Gasteiger partial charge in [0, 0.05) is 49.2 Å². The van der Waals surface area contributed by atoms with Crippen molar-refractivity contribution in [3.05, 3.63) is 109 Å². The average Bonchev–Trinajstić information content (AvgIpc) is 4.07. The number of unbranched alkanes of at least 4 members (excludes halogenated alkanes) is 4. The molecule has 8 rings (SSSR count). The van der Waals surface area contributed by atoms with Gasteiger partial charge in [0.15, 0.2) is 0 Å². The van der Waals surface area contributed by atoms with Gasteiger partial charge in [0.2, 0.25) is 0 Å². The molecule has 76 heavy (non-hydrogen) atoms.